The van der Waals surface area contributed by atoms with Crippen molar-refractivity contribution >= 4 is 34.2 Å². The Bertz CT molecular complexity index is 684. The predicted molar refractivity (Wildman–Crippen MR) is 93.2 cm³/mol. The third-order valence-corrected chi connectivity index (χ3v) is 4.54. The summed E-state index contributed by atoms with van der Waals surface area (Å²) in [6.45, 7) is 0. The maximum Gasteiger partial charge on any atom is 0.251 e. The highest BCUT2D eigenvalue weighted by atomic mass is 127. The van der Waals surface area contributed by atoms with Crippen LogP contribution in [0.15, 0.2) is 42.5 Å². The number of halogens is 1. The van der Waals surface area contributed by atoms with Crippen molar-refractivity contribution in [2.24, 2.45) is 0 Å². The Morgan fingerprint density at radius 1 is 1.24 bits per heavy atom. The van der Waals surface area contributed by atoms with Gasteiger partial charge in [-0.2, -0.15) is 0 Å². The van der Waals surface area contributed by atoms with Gasteiger partial charge in [-0.05, 0) is 83.3 Å². The highest BCUT2D eigenvalue weighted by Crippen LogP contribution is 2.31. The number of carbonyl (C=O) groups is 1. The van der Waals surface area contributed by atoms with Crippen LogP contribution in [0.3, 0.4) is 0 Å². The summed E-state index contributed by atoms with van der Waals surface area (Å²) in [5.41, 5.74) is 9.81. The Labute approximate surface area is 138 Å². The highest BCUT2D eigenvalue weighted by molar-refractivity contribution is 14.1. The molecule has 0 heterocycles. The molecule has 1 aliphatic rings. The molecule has 0 saturated carbocycles. The van der Waals surface area contributed by atoms with Gasteiger partial charge in [0.05, 0.1) is 6.04 Å². The van der Waals surface area contributed by atoms with Gasteiger partial charge in [-0.25, -0.2) is 0 Å². The van der Waals surface area contributed by atoms with E-state index in [2.05, 4.69) is 27.9 Å². The van der Waals surface area contributed by atoms with Crippen LogP contribution in [0.5, 0.6) is 0 Å². The fraction of sp³-hybridized carbons (Fsp3) is 0.235. The molecule has 3 N–H and O–H groups in total. The molecule has 3 rings (SSSR count). The van der Waals surface area contributed by atoms with E-state index in [1.54, 1.807) is 0 Å². The minimum atomic E-state index is -0.0109. The van der Waals surface area contributed by atoms with Gasteiger partial charge in [-0.3, -0.25) is 4.79 Å². The first-order valence-electron chi connectivity index (χ1n) is 7.08. The number of fused-ring (bicyclic) bond motifs is 1. The Hall–Kier alpha value is -1.56. The molecule has 0 aromatic heterocycles. The number of aryl methyl sites for hydroxylation is 1. The number of rotatable bonds is 2. The molecule has 2 aromatic rings. The largest absolute Gasteiger partial charge is 0.399 e. The van der Waals surface area contributed by atoms with Crippen molar-refractivity contribution in [2.45, 2.75) is 25.3 Å². The van der Waals surface area contributed by atoms with Gasteiger partial charge in [0.1, 0.15) is 0 Å². The number of benzene rings is 2. The first-order chi connectivity index (χ1) is 10.1. The number of anilines is 1. The lowest BCUT2D eigenvalue weighted by molar-refractivity contribution is 0.0932. The summed E-state index contributed by atoms with van der Waals surface area (Å²) in [5, 5.41) is 3.15. The average Bonchev–Trinajstić information content (AvgIpc) is 2.47. The molecule has 0 radical (unpaired) electrons. The second-order valence-electron chi connectivity index (χ2n) is 5.39. The van der Waals surface area contributed by atoms with Crippen molar-refractivity contribution in [1.29, 1.82) is 0 Å². The van der Waals surface area contributed by atoms with Crippen molar-refractivity contribution in [1.82, 2.24) is 5.32 Å². The van der Waals surface area contributed by atoms with Crippen LogP contribution in [0.25, 0.3) is 0 Å². The smallest absolute Gasteiger partial charge is 0.251 e. The molecule has 1 atom stereocenters. The number of carbonyl (C=O) groups excluding carboxylic acids is 1. The zero-order valence-corrected chi connectivity index (χ0v) is 13.8. The summed E-state index contributed by atoms with van der Waals surface area (Å²) in [7, 11) is 0. The topological polar surface area (TPSA) is 55.1 Å². The molecular weight excluding hydrogens is 375 g/mol. The zero-order chi connectivity index (χ0) is 14.8. The van der Waals surface area contributed by atoms with Crippen LogP contribution in [0, 0.1) is 3.57 Å². The van der Waals surface area contributed by atoms with Crippen LogP contribution >= 0.6 is 22.6 Å². The van der Waals surface area contributed by atoms with Crippen molar-refractivity contribution in [3.63, 3.8) is 0 Å². The molecule has 0 saturated heterocycles. The summed E-state index contributed by atoms with van der Waals surface area (Å²) in [5.74, 6) is -0.0109. The van der Waals surface area contributed by atoms with Gasteiger partial charge >= 0.3 is 0 Å². The molecule has 1 aliphatic carbocycles. The fourth-order valence-electron chi connectivity index (χ4n) is 2.86. The van der Waals surface area contributed by atoms with E-state index in [0.717, 1.165) is 28.5 Å². The van der Waals surface area contributed by atoms with Gasteiger partial charge in [0, 0.05) is 14.8 Å². The average molecular weight is 392 g/mol. The number of nitrogens with two attached hydrogens (primary N) is 1. The van der Waals surface area contributed by atoms with E-state index in [9.17, 15) is 4.79 Å². The first kappa shape index (κ1) is 14.4. The number of hydrogen-bond donors (Lipinski definition) is 2. The van der Waals surface area contributed by atoms with Crippen LogP contribution in [0.4, 0.5) is 5.69 Å². The Kier molecular flexibility index (Phi) is 4.14. The van der Waals surface area contributed by atoms with Crippen LogP contribution in [-0.4, -0.2) is 5.91 Å². The molecular formula is C17H17IN2O. The lowest BCUT2D eigenvalue weighted by Crippen LogP contribution is -2.31. The maximum absolute atomic E-state index is 12.4. The van der Waals surface area contributed by atoms with E-state index in [0.29, 0.717) is 5.56 Å². The van der Waals surface area contributed by atoms with Crippen molar-refractivity contribution in [3.8, 4) is 0 Å². The van der Waals surface area contributed by atoms with E-state index in [4.69, 9.17) is 5.73 Å². The van der Waals surface area contributed by atoms with Gasteiger partial charge in [0.2, 0.25) is 0 Å². The minimum absolute atomic E-state index is 0.0109. The van der Waals surface area contributed by atoms with Crippen LogP contribution in [-0.2, 0) is 6.42 Å². The number of nitrogens with one attached hydrogen (secondary N) is 1. The molecule has 1 unspecified atom stereocenters. The van der Waals surface area contributed by atoms with Gasteiger partial charge < -0.3 is 11.1 Å². The lowest BCUT2D eigenvalue weighted by atomic mass is 9.87. The highest BCUT2D eigenvalue weighted by Gasteiger charge is 2.22. The molecule has 21 heavy (non-hydrogen) atoms. The Balaban J connectivity index is 1.82. The standard InChI is InChI=1S/C17H17IN2O/c18-13-5-1-4-12(9-13)17(21)20-16-6-2-3-11-10-14(19)7-8-15(11)16/h1,4-5,7-10,16H,2-3,6,19H2,(H,20,21). The summed E-state index contributed by atoms with van der Waals surface area (Å²) < 4.78 is 1.07. The van der Waals surface area contributed by atoms with Gasteiger partial charge in [0.25, 0.3) is 5.91 Å². The van der Waals surface area contributed by atoms with Crippen molar-refractivity contribution in [3.05, 3.63) is 62.7 Å². The minimum Gasteiger partial charge on any atom is -0.399 e. The number of hydrogen-bond acceptors (Lipinski definition) is 2. The molecule has 4 heteroatoms. The molecule has 3 nitrogen and oxygen atoms in total. The van der Waals surface area contributed by atoms with Gasteiger partial charge in [-0.15, -0.1) is 0 Å². The normalized spacial score (nSPS) is 17.1. The van der Waals surface area contributed by atoms with E-state index >= 15 is 0 Å². The van der Waals surface area contributed by atoms with Crippen LogP contribution in [0.2, 0.25) is 0 Å². The Morgan fingerprint density at radius 3 is 2.90 bits per heavy atom. The predicted octanol–water partition coefficient (Wildman–Crippen LogP) is 3.68. The van der Waals surface area contributed by atoms with E-state index in [1.807, 2.05) is 42.5 Å². The maximum atomic E-state index is 12.4. The SMILES string of the molecule is Nc1ccc2c(c1)CCCC2NC(=O)c1cccc(I)c1. The van der Waals surface area contributed by atoms with Crippen molar-refractivity contribution < 1.29 is 4.79 Å². The van der Waals surface area contributed by atoms with Gasteiger partial charge in [-0.1, -0.05) is 12.1 Å². The second-order valence-corrected chi connectivity index (χ2v) is 6.63. The fourth-order valence-corrected chi connectivity index (χ4v) is 3.40. The number of amides is 1. The van der Waals surface area contributed by atoms with Gasteiger partial charge in [0.15, 0.2) is 0 Å². The molecule has 108 valence electrons. The summed E-state index contributed by atoms with van der Waals surface area (Å²) >= 11 is 2.22. The van der Waals surface area contributed by atoms with E-state index in [-0.39, 0.29) is 11.9 Å². The second kappa shape index (κ2) is 6.05. The van der Waals surface area contributed by atoms with Crippen molar-refractivity contribution in [2.75, 3.05) is 5.73 Å². The molecule has 1 amide bonds. The van der Waals surface area contributed by atoms with Crippen LogP contribution < -0.4 is 11.1 Å². The molecule has 2 aromatic carbocycles. The summed E-state index contributed by atoms with van der Waals surface area (Å²) in [6, 6.07) is 13.7. The summed E-state index contributed by atoms with van der Waals surface area (Å²) in [6.07, 6.45) is 3.09. The molecule has 0 fully saturated rings. The lowest BCUT2D eigenvalue weighted by Gasteiger charge is -2.26. The number of nitrogen functional groups attached to an aromatic ring is 1. The molecule has 0 aliphatic heterocycles. The summed E-state index contributed by atoms with van der Waals surface area (Å²) in [4.78, 5) is 12.4. The van der Waals surface area contributed by atoms with E-state index < -0.39 is 0 Å². The zero-order valence-electron chi connectivity index (χ0n) is 11.6. The quantitative estimate of drug-likeness (QED) is 0.605. The third-order valence-electron chi connectivity index (χ3n) is 3.87. The first-order valence-corrected chi connectivity index (χ1v) is 8.16. The Morgan fingerprint density at radius 2 is 2.10 bits per heavy atom. The third kappa shape index (κ3) is 3.20. The monoisotopic (exact) mass is 392 g/mol. The van der Waals surface area contributed by atoms with E-state index in [1.165, 1.54) is 11.1 Å². The molecule has 0 spiro atoms. The molecule has 0 bridgehead atoms. The van der Waals surface area contributed by atoms with Crippen LogP contribution in [0.1, 0.15) is 40.4 Å².